The summed E-state index contributed by atoms with van der Waals surface area (Å²) >= 11 is 0. The molecule has 2 rings (SSSR count). The van der Waals surface area contributed by atoms with Gasteiger partial charge in [-0.25, -0.2) is 0 Å². The lowest BCUT2D eigenvalue weighted by molar-refractivity contribution is -0.146. The normalized spacial score (nSPS) is 20.2. The molecule has 1 fully saturated rings. The van der Waals surface area contributed by atoms with Gasteiger partial charge in [0.1, 0.15) is 0 Å². The molecule has 6 heteroatoms. The van der Waals surface area contributed by atoms with Crippen molar-refractivity contribution in [2.75, 3.05) is 45.4 Å². The molecule has 0 N–H and O–H groups in total. The maximum atomic E-state index is 12.0. The zero-order chi connectivity index (χ0) is 18.2. The highest BCUT2D eigenvalue weighted by Gasteiger charge is 2.31. The Balaban J connectivity index is 2.20. The zero-order valence-electron chi connectivity index (χ0n) is 15.2. The SMILES string of the molecule is COCCOCc1cc(C#N)ccc1N1CC(C)CC(C(=O)OC)C1. The minimum Gasteiger partial charge on any atom is -0.469 e. The molecule has 6 nitrogen and oxygen atoms in total. The third kappa shape index (κ3) is 5.18. The van der Waals surface area contributed by atoms with Crippen molar-refractivity contribution < 1.29 is 19.0 Å². The Morgan fingerprint density at radius 2 is 2.12 bits per heavy atom. The van der Waals surface area contributed by atoms with E-state index in [1.165, 1.54) is 7.11 Å². The van der Waals surface area contributed by atoms with Crippen LogP contribution in [0.3, 0.4) is 0 Å². The number of benzene rings is 1. The molecule has 0 aromatic heterocycles. The lowest BCUT2D eigenvalue weighted by Crippen LogP contribution is -2.43. The number of carbonyl (C=O) groups is 1. The van der Waals surface area contributed by atoms with Crippen LogP contribution in [0.1, 0.15) is 24.5 Å². The molecule has 0 spiro atoms. The molecule has 1 aromatic carbocycles. The van der Waals surface area contributed by atoms with Crippen LogP contribution in [0.5, 0.6) is 0 Å². The Morgan fingerprint density at radius 1 is 1.32 bits per heavy atom. The van der Waals surface area contributed by atoms with Gasteiger partial charge in [-0.2, -0.15) is 5.26 Å². The van der Waals surface area contributed by atoms with E-state index in [2.05, 4.69) is 17.9 Å². The second-order valence-electron chi connectivity index (χ2n) is 6.47. The molecule has 136 valence electrons. The highest BCUT2D eigenvalue weighted by molar-refractivity contribution is 5.74. The standard InChI is InChI=1S/C19H26N2O4/c1-14-8-16(19(22)24-3)12-21(11-14)18-5-4-15(10-20)9-17(18)13-25-7-6-23-2/h4-5,9,14,16H,6-8,11-13H2,1-3H3. The van der Waals surface area contributed by atoms with Gasteiger partial charge in [0.05, 0.1) is 44.5 Å². The number of piperidine rings is 1. The Hall–Kier alpha value is -2.10. The fourth-order valence-electron chi connectivity index (χ4n) is 3.29. The molecule has 2 atom stereocenters. The van der Waals surface area contributed by atoms with Crippen LogP contribution in [0.2, 0.25) is 0 Å². The van der Waals surface area contributed by atoms with Crippen LogP contribution in [0.4, 0.5) is 5.69 Å². The number of anilines is 1. The first-order valence-electron chi connectivity index (χ1n) is 8.51. The summed E-state index contributed by atoms with van der Waals surface area (Å²) < 4.78 is 15.6. The largest absolute Gasteiger partial charge is 0.469 e. The second-order valence-corrected chi connectivity index (χ2v) is 6.47. The molecule has 1 aliphatic rings. The van der Waals surface area contributed by atoms with Crippen molar-refractivity contribution in [1.29, 1.82) is 5.26 Å². The van der Waals surface area contributed by atoms with Crippen LogP contribution < -0.4 is 4.90 Å². The van der Waals surface area contributed by atoms with Gasteiger partial charge in [-0.15, -0.1) is 0 Å². The van der Waals surface area contributed by atoms with Crippen molar-refractivity contribution in [1.82, 2.24) is 0 Å². The minimum absolute atomic E-state index is 0.133. The van der Waals surface area contributed by atoms with E-state index < -0.39 is 0 Å². The first kappa shape index (κ1) is 19.2. The molecule has 0 aliphatic carbocycles. The Morgan fingerprint density at radius 3 is 2.80 bits per heavy atom. The summed E-state index contributed by atoms with van der Waals surface area (Å²) in [5, 5.41) is 9.18. The number of nitrogens with zero attached hydrogens (tertiary/aromatic N) is 2. The molecule has 0 radical (unpaired) electrons. The van der Waals surface area contributed by atoms with Gasteiger partial charge in [-0.1, -0.05) is 6.92 Å². The lowest BCUT2D eigenvalue weighted by Gasteiger charge is -2.37. The van der Waals surface area contributed by atoms with E-state index in [0.29, 0.717) is 37.8 Å². The van der Waals surface area contributed by atoms with Crippen molar-refractivity contribution in [2.24, 2.45) is 11.8 Å². The van der Waals surface area contributed by atoms with Gasteiger partial charge in [-0.05, 0) is 30.5 Å². The average Bonchev–Trinajstić information content (AvgIpc) is 2.63. The van der Waals surface area contributed by atoms with Gasteiger partial charge in [0.15, 0.2) is 0 Å². The summed E-state index contributed by atoms with van der Waals surface area (Å²) in [6.07, 6.45) is 0.832. The first-order chi connectivity index (χ1) is 12.1. The average molecular weight is 346 g/mol. The third-order valence-electron chi connectivity index (χ3n) is 4.43. The first-order valence-corrected chi connectivity index (χ1v) is 8.51. The van der Waals surface area contributed by atoms with E-state index in [1.54, 1.807) is 13.2 Å². The molecule has 1 saturated heterocycles. The topological polar surface area (TPSA) is 71.8 Å². The van der Waals surface area contributed by atoms with Crippen LogP contribution in [0, 0.1) is 23.2 Å². The summed E-state index contributed by atoms with van der Waals surface area (Å²) in [4.78, 5) is 14.2. The lowest BCUT2D eigenvalue weighted by atomic mass is 9.89. The highest BCUT2D eigenvalue weighted by atomic mass is 16.5. The zero-order valence-corrected chi connectivity index (χ0v) is 15.2. The molecule has 1 aromatic rings. The van der Waals surface area contributed by atoms with Crippen LogP contribution in [0.15, 0.2) is 18.2 Å². The second kappa shape index (κ2) is 9.40. The number of nitriles is 1. The van der Waals surface area contributed by atoms with Crippen molar-refractivity contribution in [3.8, 4) is 6.07 Å². The maximum Gasteiger partial charge on any atom is 0.310 e. The molecular weight excluding hydrogens is 320 g/mol. The quantitative estimate of drug-likeness (QED) is 0.557. The summed E-state index contributed by atoms with van der Waals surface area (Å²) in [7, 11) is 3.07. The highest BCUT2D eigenvalue weighted by Crippen LogP contribution is 2.30. The molecule has 1 heterocycles. The molecule has 2 unspecified atom stereocenters. The summed E-state index contributed by atoms with van der Waals surface area (Å²) in [6, 6.07) is 7.78. The van der Waals surface area contributed by atoms with Crippen LogP contribution >= 0.6 is 0 Å². The Bertz CT molecular complexity index is 626. The van der Waals surface area contributed by atoms with Gasteiger partial charge in [0.2, 0.25) is 0 Å². The Labute approximate surface area is 149 Å². The summed E-state index contributed by atoms with van der Waals surface area (Å²) in [6.45, 7) is 5.05. The maximum absolute atomic E-state index is 12.0. The van der Waals surface area contributed by atoms with E-state index in [4.69, 9.17) is 14.2 Å². The number of hydrogen-bond acceptors (Lipinski definition) is 6. The van der Waals surface area contributed by atoms with E-state index in [0.717, 1.165) is 24.2 Å². The van der Waals surface area contributed by atoms with Gasteiger partial charge < -0.3 is 19.1 Å². The van der Waals surface area contributed by atoms with E-state index in [1.807, 2.05) is 12.1 Å². The molecule has 0 amide bonds. The van der Waals surface area contributed by atoms with Crippen molar-refractivity contribution >= 4 is 11.7 Å². The fourth-order valence-corrected chi connectivity index (χ4v) is 3.29. The van der Waals surface area contributed by atoms with Crippen molar-refractivity contribution in [3.05, 3.63) is 29.3 Å². The number of ether oxygens (including phenoxy) is 3. The summed E-state index contributed by atoms with van der Waals surface area (Å²) in [5.74, 6) is 0.0884. The minimum atomic E-state index is -0.164. The monoisotopic (exact) mass is 346 g/mol. The molecule has 0 saturated carbocycles. The van der Waals surface area contributed by atoms with Crippen LogP contribution in [0.25, 0.3) is 0 Å². The number of methoxy groups -OCH3 is 2. The predicted octanol–water partition coefficient (Wildman–Crippen LogP) is 2.36. The van der Waals surface area contributed by atoms with E-state index >= 15 is 0 Å². The number of hydrogen-bond donors (Lipinski definition) is 0. The Kier molecular flexibility index (Phi) is 7.23. The van der Waals surface area contributed by atoms with Crippen molar-refractivity contribution in [3.63, 3.8) is 0 Å². The van der Waals surface area contributed by atoms with Crippen molar-refractivity contribution in [2.45, 2.75) is 20.0 Å². The van der Waals surface area contributed by atoms with E-state index in [9.17, 15) is 10.1 Å². The number of esters is 1. The molecule has 25 heavy (non-hydrogen) atoms. The molecule has 1 aliphatic heterocycles. The molecular formula is C19H26N2O4. The van der Waals surface area contributed by atoms with Gasteiger partial charge in [0.25, 0.3) is 0 Å². The predicted molar refractivity (Wildman–Crippen MR) is 94.2 cm³/mol. The molecule has 0 bridgehead atoms. The third-order valence-corrected chi connectivity index (χ3v) is 4.43. The van der Waals surface area contributed by atoms with Gasteiger partial charge in [0, 0.05) is 31.5 Å². The van der Waals surface area contributed by atoms with E-state index in [-0.39, 0.29) is 11.9 Å². The fraction of sp³-hybridized carbons (Fsp3) is 0.579. The van der Waals surface area contributed by atoms with Gasteiger partial charge in [-0.3, -0.25) is 4.79 Å². The number of rotatable bonds is 7. The van der Waals surface area contributed by atoms with Gasteiger partial charge >= 0.3 is 5.97 Å². The number of carbonyl (C=O) groups excluding carboxylic acids is 1. The van der Waals surface area contributed by atoms with Crippen LogP contribution in [-0.4, -0.2) is 46.5 Å². The summed E-state index contributed by atoms with van der Waals surface area (Å²) in [5.41, 5.74) is 2.56. The smallest absolute Gasteiger partial charge is 0.310 e. The van der Waals surface area contributed by atoms with Crippen LogP contribution in [-0.2, 0) is 25.6 Å².